The van der Waals surface area contributed by atoms with Crippen LogP contribution in [0, 0.1) is 5.82 Å². The van der Waals surface area contributed by atoms with Crippen LogP contribution in [-0.2, 0) is 12.6 Å². The smallest absolute Gasteiger partial charge is 0.395 e. The van der Waals surface area contributed by atoms with E-state index >= 15 is 0 Å². The lowest BCUT2D eigenvalue weighted by Crippen LogP contribution is -2.34. The summed E-state index contributed by atoms with van der Waals surface area (Å²) >= 11 is 0. The molecular formula is C22H18F4N4O2. The average molecular weight is 446 g/mol. The molecular weight excluding hydrogens is 428 g/mol. The Morgan fingerprint density at radius 1 is 1.16 bits per heavy atom. The number of amides is 1. The second-order valence-corrected chi connectivity index (χ2v) is 7.50. The van der Waals surface area contributed by atoms with Gasteiger partial charge in [-0.2, -0.15) is 13.2 Å². The Balaban J connectivity index is 1.77. The first-order valence-corrected chi connectivity index (χ1v) is 9.73. The Morgan fingerprint density at radius 2 is 1.94 bits per heavy atom. The second kappa shape index (κ2) is 8.27. The number of benzene rings is 1. The number of aliphatic hydroxyl groups excluding tert-OH is 1. The van der Waals surface area contributed by atoms with E-state index in [9.17, 15) is 27.5 Å². The summed E-state index contributed by atoms with van der Waals surface area (Å²) in [6.07, 6.45) is -1.49. The van der Waals surface area contributed by atoms with Crippen LogP contribution in [-0.4, -0.2) is 51.1 Å². The first-order valence-electron chi connectivity index (χ1n) is 9.73. The van der Waals surface area contributed by atoms with Gasteiger partial charge in [-0.1, -0.05) is 0 Å². The third-order valence-corrected chi connectivity index (χ3v) is 5.45. The zero-order chi connectivity index (χ0) is 23.0. The number of aromatic nitrogens is 3. The fraction of sp³-hybridized carbons (Fsp3) is 0.273. The highest BCUT2D eigenvalue weighted by Gasteiger charge is 2.32. The molecule has 1 N–H and O–H groups in total. The van der Waals surface area contributed by atoms with E-state index in [-0.39, 0.29) is 17.2 Å². The van der Waals surface area contributed by atoms with Gasteiger partial charge in [0, 0.05) is 31.3 Å². The monoisotopic (exact) mass is 446 g/mol. The third kappa shape index (κ3) is 4.05. The van der Waals surface area contributed by atoms with E-state index in [1.807, 2.05) is 0 Å². The third-order valence-electron chi connectivity index (χ3n) is 5.45. The van der Waals surface area contributed by atoms with Gasteiger partial charge in [0.2, 0.25) is 0 Å². The van der Waals surface area contributed by atoms with Gasteiger partial charge >= 0.3 is 6.18 Å². The summed E-state index contributed by atoms with van der Waals surface area (Å²) in [6, 6.07) is 5.25. The van der Waals surface area contributed by atoms with Crippen LogP contribution in [0.5, 0.6) is 0 Å². The number of carbonyl (C=O) groups is 1. The lowest BCUT2D eigenvalue weighted by molar-refractivity contribution is -0.137. The van der Waals surface area contributed by atoms with Gasteiger partial charge in [0.25, 0.3) is 5.91 Å². The zero-order valence-corrected chi connectivity index (χ0v) is 16.9. The van der Waals surface area contributed by atoms with Gasteiger partial charge in [0.05, 0.1) is 29.3 Å². The van der Waals surface area contributed by atoms with Crippen molar-refractivity contribution >= 4 is 5.91 Å². The molecule has 6 nitrogen and oxygen atoms in total. The Morgan fingerprint density at radius 3 is 2.66 bits per heavy atom. The molecule has 1 aliphatic heterocycles. The van der Waals surface area contributed by atoms with Gasteiger partial charge < -0.3 is 10.0 Å². The molecule has 0 radical (unpaired) electrons. The first-order chi connectivity index (χ1) is 15.2. The molecule has 0 bridgehead atoms. The quantitative estimate of drug-likeness (QED) is 0.621. The van der Waals surface area contributed by atoms with E-state index in [4.69, 9.17) is 0 Å². The van der Waals surface area contributed by atoms with Gasteiger partial charge in [-0.05, 0) is 47.9 Å². The molecule has 32 heavy (non-hydrogen) atoms. The number of fused-ring (bicyclic) bond motifs is 1. The summed E-state index contributed by atoms with van der Waals surface area (Å²) in [7, 11) is 1.70. The van der Waals surface area contributed by atoms with Crippen LogP contribution in [0.4, 0.5) is 17.6 Å². The Kier molecular flexibility index (Phi) is 5.64. The van der Waals surface area contributed by atoms with Crippen molar-refractivity contribution < 1.29 is 27.5 Å². The molecule has 0 saturated carbocycles. The Hall–Kier alpha value is -3.40. The van der Waals surface area contributed by atoms with Crippen LogP contribution in [0.2, 0.25) is 0 Å². The number of nitrogens with zero attached hydrogens (tertiary/aromatic N) is 4. The number of rotatable bonds is 4. The predicted octanol–water partition coefficient (Wildman–Crippen LogP) is 3.45. The van der Waals surface area contributed by atoms with Gasteiger partial charge in [-0.3, -0.25) is 9.78 Å². The molecule has 0 saturated heterocycles. The highest BCUT2D eigenvalue weighted by atomic mass is 19.4. The zero-order valence-electron chi connectivity index (χ0n) is 16.9. The fourth-order valence-corrected chi connectivity index (χ4v) is 3.79. The molecule has 1 aliphatic rings. The molecule has 0 unspecified atom stereocenters. The lowest BCUT2D eigenvalue weighted by atomic mass is 9.92. The molecule has 1 amide bonds. The van der Waals surface area contributed by atoms with E-state index in [1.165, 1.54) is 18.6 Å². The number of aliphatic hydroxyl groups is 1. The van der Waals surface area contributed by atoms with Crippen molar-refractivity contribution in [3.63, 3.8) is 0 Å². The van der Waals surface area contributed by atoms with Crippen LogP contribution in [0.1, 0.15) is 38.7 Å². The SMILES string of the molecule is CN1CCc2c(ccnc2-c2cc([C@H](CO)c3cc(F)cc(C(F)(F)F)c3)ncn2)C1=O. The number of halogens is 4. The Labute approximate surface area is 180 Å². The molecule has 166 valence electrons. The summed E-state index contributed by atoms with van der Waals surface area (Å²) in [5, 5.41) is 9.90. The number of likely N-dealkylation sites (N-methyl/N-ethyl adjacent to an activating group) is 1. The number of hydrogen-bond acceptors (Lipinski definition) is 5. The molecule has 2 aromatic heterocycles. The first kappa shape index (κ1) is 21.8. The van der Waals surface area contributed by atoms with Gasteiger partial charge in [-0.25, -0.2) is 14.4 Å². The van der Waals surface area contributed by atoms with Crippen LogP contribution in [0.25, 0.3) is 11.4 Å². The molecule has 1 aromatic carbocycles. The van der Waals surface area contributed by atoms with Crippen LogP contribution in [0.3, 0.4) is 0 Å². The normalized spacial score (nSPS) is 14.9. The summed E-state index contributed by atoms with van der Waals surface area (Å²) in [5.41, 5.74) is 1.02. The van der Waals surface area contributed by atoms with Crippen molar-refractivity contribution in [1.29, 1.82) is 0 Å². The average Bonchev–Trinajstić information content (AvgIpc) is 2.76. The highest BCUT2D eigenvalue weighted by Crippen LogP contribution is 2.34. The van der Waals surface area contributed by atoms with E-state index in [1.54, 1.807) is 18.0 Å². The van der Waals surface area contributed by atoms with Crippen molar-refractivity contribution in [2.75, 3.05) is 20.2 Å². The molecule has 3 aromatic rings. The summed E-state index contributed by atoms with van der Waals surface area (Å²) in [4.78, 5) is 26.7. The lowest BCUT2D eigenvalue weighted by Gasteiger charge is -2.26. The summed E-state index contributed by atoms with van der Waals surface area (Å²) in [5.74, 6) is -2.22. The fourth-order valence-electron chi connectivity index (χ4n) is 3.79. The number of hydrogen-bond donors (Lipinski definition) is 1. The maximum absolute atomic E-state index is 13.9. The summed E-state index contributed by atoms with van der Waals surface area (Å²) in [6.45, 7) is -0.0912. The van der Waals surface area contributed by atoms with Crippen molar-refractivity contribution in [3.8, 4) is 11.4 Å². The van der Waals surface area contributed by atoms with Crippen LogP contribution >= 0.6 is 0 Å². The minimum Gasteiger partial charge on any atom is -0.395 e. The summed E-state index contributed by atoms with van der Waals surface area (Å²) < 4.78 is 53.3. The van der Waals surface area contributed by atoms with E-state index in [0.717, 1.165) is 12.1 Å². The number of pyridine rings is 1. The molecule has 0 aliphatic carbocycles. The van der Waals surface area contributed by atoms with Crippen LogP contribution in [0.15, 0.2) is 42.9 Å². The second-order valence-electron chi connectivity index (χ2n) is 7.50. The topological polar surface area (TPSA) is 79.2 Å². The minimum atomic E-state index is -4.74. The minimum absolute atomic E-state index is 0.0654. The molecule has 4 rings (SSSR count). The maximum atomic E-state index is 13.9. The number of alkyl halides is 3. The Bertz CT molecular complexity index is 1180. The van der Waals surface area contributed by atoms with Crippen molar-refractivity contribution in [2.45, 2.75) is 18.5 Å². The molecule has 3 heterocycles. The number of carbonyl (C=O) groups excluding carboxylic acids is 1. The van der Waals surface area contributed by atoms with Crippen molar-refractivity contribution in [1.82, 2.24) is 19.9 Å². The van der Waals surface area contributed by atoms with Crippen LogP contribution < -0.4 is 0 Å². The van der Waals surface area contributed by atoms with Gasteiger partial charge in [0.1, 0.15) is 12.1 Å². The van der Waals surface area contributed by atoms with E-state index in [0.29, 0.717) is 41.5 Å². The standard InChI is InChI=1S/C22H18F4N4O2/c1-30-5-3-15-16(21(30)32)2-4-27-20(15)19-9-18(28-11-29-19)17(10-31)12-6-13(22(24,25)26)8-14(23)7-12/h2,4,6-9,11,17,31H,3,5,10H2,1H3/t17-/m1/s1. The maximum Gasteiger partial charge on any atom is 0.416 e. The van der Waals surface area contributed by atoms with Gasteiger partial charge in [-0.15, -0.1) is 0 Å². The molecule has 0 spiro atoms. The molecule has 0 fully saturated rings. The van der Waals surface area contributed by atoms with E-state index in [2.05, 4.69) is 15.0 Å². The predicted molar refractivity (Wildman–Crippen MR) is 106 cm³/mol. The van der Waals surface area contributed by atoms with Gasteiger partial charge in [0.15, 0.2) is 0 Å². The van der Waals surface area contributed by atoms with Crippen molar-refractivity contribution in [2.24, 2.45) is 0 Å². The largest absolute Gasteiger partial charge is 0.416 e. The van der Waals surface area contributed by atoms with E-state index < -0.39 is 30.1 Å². The molecule has 1 atom stereocenters. The van der Waals surface area contributed by atoms with Crippen molar-refractivity contribution in [3.05, 3.63) is 76.6 Å². The highest BCUT2D eigenvalue weighted by molar-refractivity contribution is 5.98. The molecule has 10 heteroatoms.